The second-order valence-corrected chi connectivity index (χ2v) is 5.77. The minimum absolute atomic E-state index is 0.298. The van der Waals surface area contributed by atoms with Gasteiger partial charge >= 0.3 is 0 Å². The summed E-state index contributed by atoms with van der Waals surface area (Å²) in [6.45, 7) is 0. The fourth-order valence-electron chi connectivity index (χ4n) is 1.89. The van der Waals surface area contributed by atoms with E-state index in [-0.39, 0.29) is 5.56 Å². The van der Waals surface area contributed by atoms with E-state index in [9.17, 15) is 4.79 Å². The van der Waals surface area contributed by atoms with Crippen molar-refractivity contribution >= 4 is 46.7 Å². The second kappa shape index (κ2) is 6.58. The fraction of sp³-hybridized carbons (Fsp3) is 0. The minimum Gasteiger partial charge on any atom is -0.296 e. The first-order valence-corrected chi connectivity index (χ1v) is 7.60. The van der Waals surface area contributed by atoms with Gasteiger partial charge in [0.25, 0.3) is 5.56 Å². The molecule has 1 aromatic carbocycles. The smallest absolute Gasteiger partial charge is 0.281 e. The first-order chi connectivity index (χ1) is 11.0. The van der Waals surface area contributed by atoms with Crippen molar-refractivity contribution in [1.82, 2.24) is 14.8 Å². The van der Waals surface area contributed by atoms with Crippen LogP contribution >= 0.6 is 34.8 Å². The number of hydrogen-bond donors (Lipinski definition) is 1. The van der Waals surface area contributed by atoms with E-state index in [0.29, 0.717) is 32.3 Å². The molecule has 0 unspecified atom stereocenters. The van der Waals surface area contributed by atoms with E-state index in [1.807, 2.05) is 0 Å². The number of nitrogens with zero attached hydrogens (tertiary/aromatic N) is 3. The molecule has 23 heavy (non-hydrogen) atoms. The van der Waals surface area contributed by atoms with Crippen LogP contribution in [0.15, 0.2) is 52.4 Å². The Balaban J connectivity index is 1.93. The van der Waals surface area contributed by atoms with Crippen molar-refractivity contribution in [3.63, 3.8) is 0 Å². The standard InChI is InChI=1S/C15H9Cl3N4O/c16-10-4-5-12(11(17)6-10)19-7-9-8-20-22(15(9)23)14-3-1-2-13(18)21-14/h1-8,20H. The highest BCUT2D eigenvalue weighted by Gasteiger charge is 2.08. The van der Waals surface area contributed by atoms with Gasteiger partial charge in [-0.2, -0.15) is 0 Å². The molecule has 2 aromatic heterocycles. The largest absolute Gasteiger partial charge is 0.296 e. The van der Waals surface area contributed by atoms with Gasteiger partial charge in [-0.25, -0.2) is 9.67 Å². The van der Waals surface area contributed by atoms with Gasteiger partial charge in [-0.1, -0.05) is 40.9 Å². The van der Waals surface area contributed by atoms with Crippen molar-refractivity contribution in [3.05, 3.63) is 73.7 Å². The zero-order chi connectivity index (χ0) is 16.4. The number of nitrogens with one attached hydrogen (secondary N) is 1. The molecule has 0 aliphatic rings. The Labute approximate surface area is 146 Å². The summed E-state index contributed by atoms with van der Waals surface area (Å²) in [4.78, 5) is 20.6. The van der Waals surface area contributed by atoms with Crippen molar-refractivity contribution in [2.45, 2.75) is 0 Å². The van der Waals surface area contributed by atoms with Crippen LogP contribution < -0.4 is 5.56 Å². The van der Waals surface area contributed by atoms with Crippen molar-refractivity contribution in [1.29, 1.82) is 0 Å². The molecule has 0 atom stereocenters. The number of H-pyrrole nitrogens is 1. The summed E-state index contributed by atoms with van der Waals surface area (Å²) in [7, 11) is 0. The van der Waals surface area contributed by atoms with Gasteiger partial charge in [0.15, 0.2) is 5.82 Å². The predicted octanol–water partition coefficient (Wildman–Crippen LogP) is 4.27. The molecule has 8 heteroatoms. The summed E-state index contributed by atoms with van der Waals surface area (Å²) in [5, 5.41) is 4.04. The number of aromatic nitrogens is 3. The van der Waals surface area contributed by atoms with E-state index < -0.39 is 0 Å². The van der Waals surface area contributed by atoms with Crippen LogP contribution in [0, 0.1) is 0 Å². The lowest BCUT2D eigenvalue weighted by molar-refractivity contribution is 0.819. The van der Waals surface area contributed by atoms with E-state index in [2.05, 4.69) is 15.1 Å². The van der Waals surface area contributed by atoms with Crippen LogP contribution in [0.4, 0.5) is 5.69 Å². The average molecular weight is 368 g/mol. The zero-order valence-corrected chi connectivity index (χ0v) is 13.8. The van der Waals surface area contributed by atoms with Gasteiger partial charge in [0.1, 0.15) is 5.15 Å². The molecule has 0 radical (unpaired) electrons. The summed E-state index contributed by atoms with van der Waals surface area (Å²) in [6, 6.07) is 9.93. The van der Waals surface area contributed by atoms with Gasteiger partial charge < -0.3 is 0 Å². The third-order valence-electron chi connectivity index (χ3n) is 2.98. The van der Waals surface area contributed by atoms with E-state index in [0.717, 1.165) is 0 Å². The Kier molecular flexibility index (Phi) is 4.52. The molecule has 0 saturated carbocycles. The SMILES string of the molecule is O=c1c(C=Nc2ccc(Cl)cc2Cl)c[nH]n1-c1cccc(Cl)n1. The molecule has 1 N–H and O–H groups in total. The summed E-state index contributed by atoms with van der Waals surface area (Å²) >= 11 is 17.7. The number of aromatic amines is 1. The Morgan fingerprint density at radius 2 is 2.00 bits per heavy atom. The van der Waals surface area contributed by atoms with E-state index in [1.165, 1.54) is 17.1 Å². The van der Waals surface area contributed by atoms with Gasteiger partial charge in [-0.15, -0.1) is 0 Å². The molecule has 3 rings (SSSR count). The first kappa shape index (κ1) is 15.8. The molecular weight excluding hydrogens is 359 g/mol. The first-order valence-electron chi connectivity index (χ1n) is 6.47. The zero-order valence-electron chi connectivity index (χ0n) is 11.5. The van der Waals surface area contributed by atoms with Crippen LogP contribution in [0.1, 0.15) is 5.56 Å². The van der Waals surface area contributed by atoms with Crippen LogP contribution in [0.25, 0.3) is 5.82 Å². The summed E-state index contributed by atoms with van der Waals surface area (Å²) in [6.07, 6.45) is 2.95. The van der Waals surface area contributed by atoms with Gasteiger partial charge in [-0.05, 0) is 30.3 Å². The molecule has 0 bridgehead atoms. The lowest BCUT2D eigenvalue weighted by Crippen LogP contribution is -2.18. The lowest BCUT2D eigenvalue weighted by Gasteiger charge is -1.99. The summed E-state index contributed by atoms with van der Waals surface area (Å²) in [5.41, 5.74) is 0.579. The normalized spacial score (nSPS) is 11.3. The maximum atomic E-state index is 12.3. The maximum Gasteiger partial charge on any atom is 0.281 e. The average Bonchev–Trinajstić information content (AvgIpc) is 2.87. The topological polar surface area (TPSA) is 63.0 Å². The minimum atomic E-state index is -0.298. The number of rotatable bonds is 3. The van der Waals surface area contributed by atoms with Crippen molar-refractivity contribution in [2.24, 2.45) is 4.99 Å². The van der Waals surface area contributed by atoms with Gasteiger partial charge in [0.2, 0.25) is 0 Å². The summed E-state index contributed by atoms with van der Waals surface area (Å²) < 4.78 is 1.27. The predicted molar refractivity (Wildman–Crippen MR) is 92.9 cm³/mol. The number of halogens is 3. The van der Waals surface area contributed by atoms with Gasteiger partial charge in [0, 0.05) is 17.4 Å². The molecule has 0 aliphatic carbocycles. The Morgan fingerprint density at radius 3 is 2.74 bits per heavy atom. The van der Waals surface area contributed by atoms with Gasteiger partial charge in [-0.3, -0.25) is 14.9 Å². The number of aliphatic imine (C=N–C) groups is 1. The number of hydrogen-bond acceptors (Lipinski definition) is 3. The quantitative estimate of drug-likeness (QED) is 0.555. The van der Waals surface area contributed by atoms with Crippen molar-refractivity contribution in [3.8, 4) is 5.82 Å². The van der Waals surface area contributed by atoms with E-state index >= 15 is 0 Å². The third kappa shape index (κ3) is 3.47. The molecule has 0 amide bonds. The molecule has 0 spiro atoms. The molecule has 3 aromatic rings. The molecule has 0 saturated heterocycles. The van der Waals surface area contributed by atoms with Gasteiger partial charge in [0.05, 0.1) is 16.3 Å². The Bertz CT molecular complexity index is 946. The number of pyridine rings is 1. The summed E-state index contributed by atoms with van der Waals surface area (Å²) in [5.74, 6) is 0.395. The van der Waals surface area contributed by atoms with Crippen molar-refractivity contribution < 1.29 is 0 Å². The fourth-order valence-corrected chi connectivity index (χ4v) is 2.51. The Hall–Kier alpha value is -2.08. The molecule has 0 fully saturated rings. The molecule has 0 aliphatic heterocycles. The molecular formula is C15H9Cl3N4O. The van der Waals surface area contributed by atoms with Crippen molar-refractivity contribution in [2.75, 3.05) is 0 Å². The highest BCUT2D eigenvalue weighted by Crippen LogP contribution is 2.27. The third-order valence-corrected chi connectivity index (χ3v) is 3.73. The van der Waals surface area contributed by atoms with Crippen LogP contribution in [0.2, 0.25) is 15.2 Å². The maximum absolute atomic E-state index is 12.3. The van der Waals surface area contributed by atoms with Crippen LogP contribution in [-0.2, 0) is 0 Å². The number of benzene rings is 1. The van der Waals surface area contributed by atoms with E-state index in [1.54, 1.807) is 36.4 Å². The monoisotopic (exact) mass is 366 g/mol. The highest BCUT2D eigenvalue weighted by molar-refractivity contribution is 6.36. The second-order valence-electron chi connectivity index (χ2n) is 4.54. The van der Waals surface area contributed by atoms with Crippen LogP contribution in [0.5, 0.6) is 0 Å². The Morgan fingerprint density at radius 1 is 1.17 bits per heavy atom. The van der Waals surface area contributed by atoms with Crippen LogP contribution in [0.3, 0.4) is 0 Å². The highest BCUT2D eigenvalue weighted by atomic mass is 35.5. The molecule has 116 valence electrons. The molecule has 2 heterocycles. The lowest BCUT2D eigenvalue weighted by atomic mass is 10.3. The molecule has 5 nitrogen and oxygen atoms in total. The van der Waals surface area contributed by atoms with E-state index in [4.69, 9.17) is 34.8 Å². The van der Waals surface area contributed by atoms with Crippen LogP contribution in [-0.4, -0.2) is 21.0 Å².